The van der Waals surface area contributed by atoms with Crippen molar-refractivity contribution in [1.29, 1.82) is 0 Å². The summed E-state index contributed by atoms with van der Waals surface area (Å²) in [5.74, 6) is 0.337. The smallest absolute Gasteiger partial charge is 0.279 e. The number of carbonyl (C=O) groups excluding carboxylic acids is 1. The molecule has 3 nitrogen and oxygen atoms in total. The first kappa shape index (κ1) is 15.7. The molecule has 2 aromatic rings. The lowest BCUT2D eigenvalue weighted by Gasteiger charge is -2.08. The van der Waals surface area contributed by atoms with Crippen molar-refractivity contribution in [2.75, 3.05) is 0 Å². The summed E-state index contributed by atoms with van der Waals surface area (Å²) in [5.41, 5.74) is 1.84. The molecule has 2 rings (SSSR count). The number of nitrogens with zero attached hydrogens (tertiary/aromatic N) is 2. The molecule has 112 valence electrons. The summed E-state index contributed by atoms with van der Waals surface area (Å²) >= 11 is 1.63. The molecule has 0 saturated heterocycles. The fourth-order valence-corrected chi connectivity index (χ4v) is 3.60. The number of hydrogen-bond donors (Lipinski definition) is 0. The van der Waals surface area contributed by atoms with Crippen LogP contribution in [0.4, 0.5) is 0 Å². The van der Waals surface area contributed by atoms with Gasteiger partial charge in [-0.2, -0.15) is 4.99 Å². The lowest BCUT2D eigenvalue weighted by atomic mass is 10.0. The second kappa shape index (κ2) is 6.85. The van der Waals surface area contributed by atoms with Crippen LogP contribution >= 0.6 is 11.3 Å². The lowest BCUT2D eigenvalue weighted by Crippen LogP contribution is -2.14. The van der Waals surface area contributed by atoms with Crippen LogP contribution in [-0.4, -0.2) is 10.5 Å². The molecule has 1 heterocycles. The van der Waals surface area contributed by atoms with Gasteiger partial charge in [-0.3, -0.25) is 4.79 Å². The summed E-state index contributed by atoms with van der Waals surface area (Å²) in [6.07, 6.45) is 2.32. The quantitative estimate of drug-likeness (QED) is 0.839. The van der Waals surface area contributed by atoms with E-state index in [9.17, 15) is 4.79 Å². The maximum Gasteiger partial charge on any atom is 0.279 e. The van der Waals surface area contributed by atoms with E-state index in [1.807, 2.05) is 29.8 Å². The number of carbonyl (C=O) groups is 1. The van der Waals surface area contributed by atoms with Crippen LogP contribution in [0.1, 0.15) is 53.5 Å². The Labute approximate surface area is 130 Å². The van der Waals surface area contributed by atoms with Gasteiger partial charge in [-0.1, -0.05) is 38.5 Å². The molecule has 21 heavy (non-hydrogen) atoms. The summed E-state index contributed by atoms with van der Waals surface area (Å²) in [4.78, 5) is 18.6. The summed E-state index contributed by atoms with van der Waals surface area (Å²) in [6, 6.07) is 9.21. The molecule has 1 aromatic carbocycles. The van der Waals surface area contributed by atoms with Gasteiger partial charge in [-0.05, 0) is 31.4 Å². The van der Waals surface area contributed by atoms with Crippen molar-refractivity contribution >= 4 is 17.2 Å². The Hall–Kier alpha value is -1.68. The molecule has 0 bridgehead atoms. The Morgan fingerprint density at radius 1 is 1.33 bits per heavy atom. The zero-order valence-electron chi connectivity index (χ0n) is 13.1. The average Bonchev–Trinajstić information content (AvgIpc) is 2.77. The highest BCUT2D eigenvalue weighted by molar-refractivity contribution is 7.09. The molecule has 0 fully saturated rings. The van der Waals surface area contributed by atoms with Gasteiger partial charge in [0.05, 0.1) is 0 Å². The van der Waals surface area contributed by atoms with Crippen molar-refractivity contribution in [3.05, 3.63) is 51.3 Å². The Balaban J connectivity index is 2.39. The van der Waals surface area contributed by atoms with Gasteiger partial charge < -0.3 is 4.57 Å². The van der Waals surface area contributed by atoms with Crippen LogP contribution < -0.4 is 4.80 Å². The van der Waals surface area contributed by atoms with Gasteiger partial charge in [0, 0.05) is 23.2 Å². The maximum absolute atomic E-state index is 12.2. The van der Waals surface area contributed by atoms with Crippen LogP contribution in [-0.2, 0) is 7.05 Å². The Kier molecular flexibility index (Phi) is 5.12. The van der Waals surface area contributed by atoms with Gasteiger partial charge in [0.25, 0.3) is 5.91 Å². The predicted molar refractivity (Wildman–Crippen MR) is 87.7 cm³/mol. The number of aromatic nitrogens is 1. The summed E-state index contributed by atoms with van der Waals surface area (Å²) in [5, 5.41) is 0. The van der Waals surface area contributed by atoms with Crippen LogP contribution in [0.25, 0.3) is 0 Å². The zero-order valence-corrected chi connectivity index (χ0v) is 13.9. The summed E-state index contributed by atoms with van der Waals surface area (Å²) < 4.78 is 2.02. The summed E-state index contributed by atoms with van der Waals surface area (Å²) in [6.45, 7) is 6.54. The number of amides is 1. The molecule has 1 atom stereocenters. The monoisotopic (exact) mass is 302 g/mol. The van der Waals surface area contributed by atoms with E-state index in [1.54, 1.807) is 23.5 Å². The van der Waals surface area contributed by atoms with Crippen LogP contribution in [0.2, 0.25) is 0 Å². The van der Waals surface area contributed by atoms with Gasteiger partial charge >= 0.3 is 0 Å². The molecule has 0 aliphatic carbocycles. The molecule has 0 spiro atoms. The van der Waals surface area contributed by atoms with Gasteiger partial charge in [0.15, 0.2) is 4.80 Å². The van der Waals surface area contributed by atoms with Gasteiger partial charge in [0.1, 0.15) is 0 Å². The Bertz CT molecular complexity index is 683. The molecule has 1 aromatic heterocycles. The Morgan fingerprint density at radius 3 is 2.62 bits per heavy atom. The van der Waals surface area contributed by atoms with Crippen molar-refractivity contribution in [1.82, 2.24) is 4.57 Å². The topological polar surface area (TPSA) is 34.4 Å². The van der Waals surface area contributed by atoms with Crippen molar-refractivity contribution in [2.24, 2.45) is 12.0 Å². The second-order valence-electron chi connectivity index (χ2n) is 5.37. The maximum atomic E-state index is 12.2. The molecule has 0 aliphatic heterocycles. The highest BCUT2D eigenvalue weighted by atomic mass is 32.1. The van der Waals surface area contributed by atoms with E-state index in [1.165, 1.54) is 10.6 Å². The fraction of sp³-hybridized carbons (Fsp3) is 0.412. The van der Waals surface area contributed by atoms with Crippen molar-refractivity contribution in [3.8, 4) is 0 Å². The van der Waals surface area contributed by atoms with E-state index >= 15 is 0 Å². The van der Waals surface area contributed by atoms with E-state index in [0.717, 1.165) is 17.6 Å². The first-order chi connectivity index (χ1) is 10.0. The third-order valence-electron chi connectivity index (χ3n) is 3.74. The van der Waals surface area contributed by atoms with Gasteiger partial charge in [-0.15, -0.1) is 11.3 Å². The molecule has 1 unspecified atom stereocenters. The van der Waals surface area contributed by atoms with Crippen molar-refractivity contribution in [3.63, 3.8) is 0 Å². The lowest BCUT2D eigenvalue weighted by molar-refractivity contribution is 0.0998. The van der Waals surface area contributed by atoms with E-state index < -0.39 is 0 Å². The average molecular weight is 302 g/mol. The van der Waals surface area contributed by atoms with Gasteiger partial charge in [0.2, 0.25) is 0 Å². The first-order valence-electron chi connectivity index (χ1n) is 7.35. The molecule has 0 radical (unpaired) electrons. The van der Waals surface area contributed by atoms with Crippen LogP contribution in [0.3, 0.4) is 0 Å². The molecule has 0 N–H and O–H groups in total. The highest BCUT2D eigenvalue weighted by Crippen LogP contribution is 2.26. The third-order valence-corrected chi connectivity index (χ3v) is 5.20. The number of thiazole rings is 1. The number of benzene rings is 1. The minimum Gasteiger partial charge on any atom is -0.324 e. The molecule has 0 saturated carbocycles. The zero-order chi connectivity index (χ0) is 15.4. The first-order valence-corrected chi connectivity index (χ1v) is 8.16. The molecular formula is C17H22N2OS. The van der Waals surface area contributed by atoms with E-state index in [4.69, 9.17) is 0 Å². The highest BCUT2D eigenvalue weighted by Gasteiger charge is 2.14. The van der Waals surface area contributed by atoms with E-state index in [2.05, 4.69) is 25.8 Å². The van der Waals surface area contributed by atoms with Gasteiger partial charge in [-0.25, -0.2) is 0 Å². The van der Waals surface area contributed by atoms with Crippen molar-refractivity contribution < 1.29 is 4.79 Å². The predicted octanol–water partition coefficient (Wildman–Crippen LogP) is 4.04. The largest absolute Gasteiger partial charge is 0.324 e. The minimum atomic E-state index is -0.179. The third kappa shape index (κ3) is 3.50. The van der Waals surface area contributed by atoms with E-state index in [-0.39, 0.29) is 5.91 Å². The number of rotatable bonds is 4. The van der Waals surface area contributed by atoms with Crippen LogP contribution in [0.15, 0.2) is 35.3 Å². The van der Waals surface area contributed by atoms with E-state index in [0.29, 0.717) is 11.5 Å². The summed E-state index contributed by atoms with van der Waals surface area (Å²) in [7, 11) is 1.98. The van der Waals surface area contributed by atoms with Crippen LogP contribution in [0.5, 0.6) is 0 Å². The number of hydrogen-bond acceptors (Lipinski definition) is 2. The SMILES string of the molecule is CCCC(C)c1sc(=NC(=O)c2ccccc2)n(C)c1C. The normalized spacial score (nSPS) is 13.4. The molecule has 1 amide bonds. The molecular weight excluding hydrogens is 280 g/mol. The fourth-order valence-electron chi connectivity index (χ4n) is 2.40. The standard InChI is InChI=1S/C17H22N2OS/c1-5-9-12(2)15-13(3)19(4)17(21-15)18-16(20)14-10-7-6-8-11-14/h6-8,10-12H,5,9H2,1-4H3. The molecule has 0 aliphatic rings. The van der Waals surface area contributed by atoms with Crippen LogP contribution in [0, 0.1) is 6.92 Å². The van der Waals surface area contributed by atoms with Crippen molar-refractivity contribution in [2.45, 2.75) is 39.5 Å². The second-order valence-corrected chi connectivity index (χ2v) is 6.38. The molecule has 4 heteroatoms. The minimum absolute atomic E-state index is 0.179. The Morgan fingerprint density at radius 2 is 2.00 bits per heavy atom.